The van der Waals surface area contributed by atoms with Crippen LogP contribution in [0.1, 0.15) is 22.9 Å². The molecular weight excluding hydrogens is 582 g/mol. The van der Waals surface area contributed by atoms with E-state index in [4.69, 9.17) is 18.9 Å². The Kier molecular flexibility index (Phi) is 9.02. The Bertz CT molecular complexity index is 1900. The Morgan fingerprint density at radius 3 is 1.93 bits per heavy atom. The van der Waals surface area contributed by atoms with Gasteiger partial charge in [-0.2, -0.15) is 5.10 Å². The molecule has 1 N–H and O–H groups in total. The van der Waals surface area contributed by atoms with Crippen molar-refractivity contribution in [2.24, 2.45) is 0 Å². The minimum Gasteiger partial charge on any atom is -0.374 e. The molecule has 10 nitrogen and oxygen atoms in total. The summed E-state index contributed by atoms with van der Waals surface area (Å²) in [4.78, 5) is 18.4. The molecule has 1 saturated heterocycles. The molecule has 0 radical (unpaired) electrons. The summed E-state index contributed by atoms with van der Waals surface area (Å²) in [7, 11) is 0. The fourth-order valence-corrected chi connectivity index (χ4v) is 5.73. The lowest BCUT2D eigenvalue weighted by Gasteiger charge is -2.25. The van der Waals surface area contributed by atoms with Gasteiger partial charge in [-0.15, -0.1) is 0 Å². The van der Waals surface area contributed by atoms with Gasteiger partial charge in [0.2, 0.25) is 0 Å². The molecule has 0 bridgehead atoms. The van der Waals surface area contributed by atoms with Crippen molar-refractivity contribution >= 4 is 11.0 Å². The van der Waals surface area contributed by atoms with Crippen molar-refractivity contribution in [3.8, 4) is 5.82 Å². The molecule has 0 saturated carbocycles. The highest BCUT2D eigenvalue weighted by atomic mass is 16.6. The summed E-state index contributed by atoms with van der Waals surface area (Å²) in [6, 6.07) is 35.4. The minimum atomic E-state index is -0.882. The predicted molar refractivity (Wildman–Crippen MR) is 170 cm³/mol. The maximum absolute atomic E-state index is 13.9. The van der Waals surface area contributed by atoms with Crippen LogP contribution in [0.5, 0.6) is 0 Å². The van der Waals surface area contributed by atoms with E-state index in [1.807, 2.05) is 122 Å². The van der Waals surface area contributed by atoms with Crippen molar-refractivity contribution in [2.75, 3.05) is 6.61 Å². The van der Waals surface area contributed by atoms with Gasteiger partial charge in [-0.05, 0) is 28.8 Å². The zero-order valence-electron chi connectivity index (χ0n) is 25.1. The Hall–Kier alpha value is -5.00. The second-order valence-electron chi connectivity index (χ2n) is 11.1. The van der Waals surface area contributed by atoms with Crippen LogP contribution in [0.3, 0.4) is 0 Å². The van der Waals surface area contributed by atoms with Crippen molar-refractivity contribution in [1.82, 2.24) is 19.7 Å². The summed E-state index contributed by atoms with van der Waals surface area (Å²) in [5, 5.41) is 7.96. The van der Waals surface area contributed by atoms with E-state index >= 15 is 0 Å². The second-order valence-corrected chi connectivity index (χ2v) is 11.1. The molecule has 46 heavy (non-hydrogen) atoms. The molecular formula is C36H34N5O5+. The molecule has 3 aromatic heterocycles. The summed E-state index contributed by atoms with van der Waals surface area (Å²) < 4.78 is 29.3. The molecule has 10 heteroatoms. The van der Waals surface area contributed by atoms with Gasteiger partial charge in [0.25, 0.3) is 0 Å². The molecule has 4 heterocycles. The minimum absolute atomic E-state index is 0.225. The number of benzene rings is 3. The molecule has 232 valence electrons. The number of hydrogen-bond acceptors (Lipinski definition) is 7. The SMILES string of the molecule is O=c1nc(-[n+]2ccccc2)c2cn[nH]c2n1[C@@H]1O[C@H](COCc2ccccc2)[C@@H](OCc2ccccc2)[C@@H]1OCc1ccccc1. The standard InChI is InChI=1S/C36H33N5O5/c42-36-38-33(40-19-11-4-12-20-40)29-21-37-39-34(29)41(36)35-32(45-24-28-17-9-3-10-18-28)31(44-23-27-15-7-2-8-16-27)30(46-35)25-43-22-26-13-5-1-6-14-26/h1-21,30-32,35H,22-25H2/p+1/t30-,31-,32+,35-/m1/s1. The van der Waals surface area contributed by atoms with Crippen molar-refractivity contribution in [3.63, 3.8) is 0 Å². The lowest BCUT2D eigenvalue weighted by atomic mass is 10.1. The number of aromatic amines is 1. The van der Waals surface area contributed by atoms with E-state index in [1.165, 1.54) is 4.57 Å². The molecule has 6 aromatic rings. The van der Waals surface area contributed by atoms with Gasteiger partial charge < -0.3 is 18.9 Å². The zero-order valence-corrected chi connectivity index (χ0v) is 25.1. The van der Waals surface area contributed by atoms with Gasteiger partial charge in [0.15, 0.2) is 11.9 Å². The van der Waals surface area contributed by atoms with Crippen LogP contribution in [0.4, 0.5) is 0 Å². The van der Waals surface area contributed by atoms with E-state index in [-0.39, 0.29) is 6.61 Å². The molecule has 0 unspecified atom stereocenters. The largest absolute Gasteiger partial charge is 0.461 e. The van der Waals surface area contributed by atoms with Crippen LogP contribution in [-0.4, -0.2) is 44.7 Å². The average molecular weight is 617 g/mol. The smallest absolute Gasteiger partial charge is 0.374 e. The quantitative estimate of drug-likeness (QED) is 0.199. The second kappa shape index (κ2) is 14.0. The van der Waals surface area contributed by atoms with Gasteiger partial charge >= 0.3 is 11.5 Å². The third kappa shape index (κ3) is 6.51. The fraction of sp³-hybridized carbons (Fsp3) is 0.222. The van der Waals surface area contributed by atoms with Crippen LogP contribution in [0, 0.1) is 0 Å². The average Bonchev–Trinajstić information content (AvgIpc) is 3.73. The Morgan fingerprint density at radius 2 is 1.30 bits per heavy atom. The summed E-state index contributed by atoms with van der Waals surface area (Å²) >= 11 is 0. The van der Waals surface area contributed by atoms with Gasteiger partial charge in [-0.3, -0.25) is 5.10 Å². The monoisotopic (exact) mass is 616 g/mol. The number of rotatable bonds is 12. The first-order valence-electron chi connectivity index (χ1n) is 15.2. The van der Waals surface area contributed by atoms with Gasteiger partial charge in [-0.1, -0.05) is 97.1 Å². The molecule has 0 spiro atoms. The van der Waals surface area contributed by atoms with Crippen LogP contribution in [0.2, 0.25) is 0 Å². The first-order chi connectivity index (χ1) is 22.7. The topological polar surface area (TPSA) is 104 Å². The number of nitrogens with zero attached hydrogens (tertiary/aromatic N) is 4. The number of hydrogen-bond donors (Lipinski definition) is 1. The van der Waals surface area contributed by atoms with E-state index < -0.39 is 30.2 Å². The fourth-order valence-electron chi connectivity index (χ4n) is 5.73. The number of H-pyrrole nitrogens is 1. The molecule has 1 fully saturated rings. The molecule has 0 aliphatic carbocycles. The van der Waals surface area contributed by atoms with Crippen LogP contribution < -0.4 is 10.3 Å². The zero-order chi connectivity index (χ0) is 31.1. The first-order valence-corrected chi connectivity index (χ1v) is 15.2. The molecule has 0 amide bonds. The number of pyridine rings is 1. The van der Waals surface area contributed by atoms with Crippen LogP contribution >= 0.6 is 0 Å². The summed E-state index contributed by atoms with van der Waals surface area (Å²) in [5.74, 6) is 0.463. The van der Waals surface area contributed by atoms with Gasteiger partial charge in [-0.25, -0.2) is 13.9 Å². The third-order valence-electron chi connectivity index (χ3n) is 7.97. The van der Waals surface area contributed by atoms with E-state index in [0.717, 1.165) is 16.7 Å². The Balaban J connectivity index is 1.25. The Morgan fingerprint density at radius 1 is 0.739 bits per heavy atom. The highest BCUT2D eigenvalue weighted by Crippen LogP contribution is 2.36. The molecule has 4 atom stereocenters. The highest BCUT2D eigenvalue weighted by Gasteiger charge is 2.49. The molecule has 7 rings (SSSR count). The number of nitrogens with one attached hydrogen (secondary N) is 1. The number of aromatic nitrogens is 5. The van der Waals surface area contributed by atoms with Crippen molar-refractivity contribution in [2.45, 2.75) is 44.4 Å². The lowest BCUT2D eigenvalue weighted by Crippen LogP contribution is -2.41. The lowest BCUT2D eigenvalue weighted by molar-refractivity contribution is -0.598. The van der Waals surface area contributed by atoms with Gasteiger partial charge in [0, 0.05) is 4.98 Å². The first kappa shape index (κ1) is 29.7. The maximum Gasteiger partial charge on any atom is 0.461 e. The third-order valence-corrected chi connectivity index (χ3v) is 7.97. The number of ether oxygens (including phenoxy) is 4. The summed E-state index contributed by atoms with van der Waals surface area (Å²) in [6.07, 6.45) is 2.65. The van der Waals surface area contributed by atoms with Crippen molar-refractivity contribution < 1.29 is 23.5 Å². The van der Waals surface area contributed by atoms with Gasteiger partial charge in [0.1, 0.15) is 23.7 Å². The van der Waals surface area contributed by atoms with E-state index in [1.54, 1.807) is 10.8 Å². The van der Waals surface area contributed by atoms with Crippen LogP contribution in [0.15, 0.2) is 133 Å². The predicted octanol–water partition coefficient (Wildman–Crippen LogP) is 4.68. The van der Waals surface area contributed by atoms with Crippen molar-refractivity contribution in [1.29, 1.82) is 0 Å². The maximum atomic E-state index is 13.9. The van der Waals surface area contributed by atoms with E-state index in [2.05, 4.69) is 15.2 Å². The van der Waals surface area contributed by atoms with E-state index in [0.29, 0.717) is 36.7 Å². The molecule has 1 aliphatic heterocycles. The van der Waals surface area contributed by atoms with E-state index in [9.17, 15) is 4.79 Å². The Labute approximate surface area is 265 Å². The molecule has 1 aliphatic rings. The summed E-state index contributed by atoms with van der Waals surface area (Å²) in [5.41, 5.74) is 3.01. The normalized spacial score (nSPS) is 19.5. The van der Waals surface area contributed by atoms with Crippen LogP contribution in [-0.2, 0) is 38.8 Å². The summed E-state index contributed by atoms with van der Waals surface area (Å²) in [6.45, 7) is 1.25. The van der Waals surface area contributed by atoms with Gasteiger partial charge in [0.05, 0.1) is 45.0 Å². The van der Waals surface area contributed by atoms with Crippen LogP contribution in [0.25, 0.3) is 16.9 Å². The highest BCUT2D eigenvalue weighted by molar-refractivity contribution is 5.79. The van der Waals surface area contributed by atoms with Crippen molar-refractivity contribution in [3.05, 3.63) is 155 Å². The number of fused-ring (bicyclic) bond motifs is 1. The molecule has 3 aromatic carbocycles.